The molecular weight excluding hydrogens is 522 g/mol. The Hall–Kier alpha value is -5.54. The van der Waals surface area contributed by atoms with Gasteiger partial charge in [-0.2, -0.15) is 0 Å². The number of para-hydroxylation sites is 4. The fourth-order valence-electron chi connectivity index (χ4n) is 7.01. The summed E-state index contributed by atoms with van der Waals surface area (Å²) in [7, 11) is 0. The second kappa shape index (κ2) is 9.50. The Balaban J connectivity index is 1.11. The summed E-state index contributed by atoms with van der Waals surface area (Å²) in [5.74, 6) is 0.311. The third-order valence-electron chi connectivity index (χ3n) is 8.96. The van der Waals surface area contributed by atoms with E-state index >= 15 is 0 Å². The van der Waals surface area contributed by atoms with Gasteiger partial charge in [0, 0.05) is 35.0 Å². The number of benzene rings is 6. The maximum atomic E-state index is 5.09. The Bertz CT molecular complexity index is 2110. The van der Waals surface area contributed by atoms with Crippen LogP contribution in [-0.4, -0.2) is 9.97 Å². The van der Waals surface area contributed by atoms with Crippen LogP contribution in [-0.2, 0) is 6.42 Å². The highest BCUT2D eigenvalue weighted by Gasteiger charge is 2.36. The van der Waals surface area contributed by atoms with E-state index in [0.29, 0.717) is 5.92 Å². The molecule has 0 radical (unpaired) electrons. The van der Waals surface area contributed by atoms with Gasteiger partial charge < -0.3 is 4.90 Å². The van der Waals surface area contributed by atoms with Crippen molar-refractivity contribution in [3.05, 3.63) is 162 Å². The van der Waals surface area contributed by atoms with Crippen LogP contribution in [0, 0.1) is 0 Å². The first-order valence-electron chi connectivity index (χ1n) is 14.9. The summed E-state index contributed by atoms with van der Waals surface area (Å²) in [4.78, 5) is 12.5. The molecule has 0 fully saturated rings. The zero-order chi connectivity index (χ0) is 28.3. The Labute approximate surface area is 250 Å². The van der Waals surface area contributed by atoms with Gasteiger partial charge in [-0.15, -0.1) is 0 Å². The average Bonchev–Trinajstić information content (AvgIpc) is 3.39. The van der Waals surface area contributed by atoms with Crippen LogP contribution < -0.4 is 4.90 Å². The lowest BCUT2D eigenvalue weighted by Crippen LogP contribution is -2.13. The maximum absolute atomic E-state index is 5.09. The first kappa shape index (κ1) is 24.1. The van der Waals surface area contributed by atoms with Crippen molar-refractivity contribution in [2.75, 3.05) is 4.90 Å². The van der Waals surface area contributed by atoms with Crippen LogP contribution >= 0.6 is 0 Å². The topological polar surface area (TPSA) is 29.0 Å². The molecule has 2 aliphatic rings. The van der Waals surface area contributed by atoms with Gasteiger partial charge >= 0.3 is 0 Å². The molecule has 2 aliphatic carbocycles. The van der Waals surface area contributed by atoms with Crippen molar-refractivity contribution in [2.24, 2.45) is 0 Å². The SMILES string of the molecule is c1ccc(N(c2ccccc2)c2ccc(-c3ccc4c(c3)-c3cccc5c3C4Cc3nc4ccccc4nc3-5)cc2)cc1. The van der Waals surface area contributed by atoms with Gasteiger partial charge in [0.25, 0.3) is 0 Å². The van der Waals surface area contributed by atoms with E-state index in [4.69, 9.17) is 9.97 Å². The number of hydrogen-bond donors (Lipinski definition) is 0. The van der Waals surface area contributed by atoms with E-state index < -0.39 is 0 Å². The van der Waals surface area contributed by atoms with Gasteiger partial charge in [-0.25, -0.2) is 9.97 Å². The normalized spacial score (nSPS) is 14.2. The van der Waals surface area contributed by atoms with E-state index in [9.17, 15) is 0 Å². The quantitative estimate of drug-likeness (QED) is 0.219. The summed E-state index contributed by atoms with van der Waals surface area (Å²) in [6.07, 6.45) is 0.882. The maximum Gasteiger partial charge on any atom is 0.0928 e. The van der Waals surface area contributed by atoms with E-state index in [0.717, 1.165) is 45.9 Å². The summed E-state index contributed by atoms with van der Waals surface area (Å²) in [6.45, 7) is 0. The molecule has 0 amide bonds. The van der Waals surface area contributed by atoms with Crippen LogP contribution in [0.5, 0.6) is 0 Å². The van der Waals surface area contributed by atoms with E-state index in [1.54, 1.807) is 0 Å². The van der Waals surface area contributed by atoms with Crippen molar-refractivity contribution in [1.29, 1.82) is 0 Å². The second-order valence-electron chi connectivity index (χ2n) is 11.4. The number of hydrogen-bond acceptors (Lipinski definition) is 3. The Kier molecular flexibility index (Phi) is 5.32. The highest BCUT2D eigenvalue weighted by Crippen LogP contribution is 2.53. The number of anilines is 3. The molecule has 1 heterocycles. The summed E-state index contributed by atoms with van der Waals surface area (Å²) >= 11 is 0. The molecule has 0 N–H and O–H groups in total. The van der Waals surface area contributed by atoms with Crippen LogP contribution in [0.4, 0.5) is 17.1 Å². The fraction of sp³-hybridized carbons (Fsp3) is 0.0500. The van der Waals surface area contributed by atoms with E-state index in [2.05, 4.69) is 138 Å². The molecule has 0 saturated heterocycles. The molecule has 0 spiro atoms. The minimum atomic E-state index is 0.311. The highest BCUT2D eigenvalue weighted by molar-refractivity contribution is 5.91. The Morgan fingerprint density at radius 2 is 1.09 bits per heavy atom. The Morgan fingerprint density at radius 1 is 0.488 bits per heavy atom. The zero-order valence-electron chi connectivity index (χ0n) is 23.5. The number of nitrogens with zero attached hydrogens (tertiary/aromatic N) is 3. The summed E-state index contributed by atoms with van der Waals surface area (Å²) in [5.41, 5.74) is 16.6. The van der Waals surface area contributed by atoms with Gasteiger partial charge in [0.2, 0.25) is 0 Å². The molecule has 3 nitrogen and oxygen atoms in total. The summed E-state index contributed by atoms with van der Waals surface area (Å²) in [6, 6.07) is 51.9. The Morgan fingerprint density at radius 3 is 1.81 bits per heavy atom. The first-order valence-corrected chi connectivity index (χ1v) is 14.9. The second-order valence-corrected chi connectivity index (χ2v) is 11.4. The molecular formula is C40H27N3. The number of aromatic nitrogens is 2. The zero-order valence-corrected chi connectivity index (χ0v) is 23.5. The molecule has 1 atom stereocenters. The summed E-state index contributed by atoms with van der Waals surface area (Å²) in [5, 5.41) is 0. The summed E-state index contributed by atoms with van der Waals surface area (Å²) < 4.78 is 0. The van der Waals surface area contributed by atoms with Gasteiger partial charge in [-0.05, 0) is 88.0 Å². The van der Waals surface area contributed by atoms with Crippen LogP contribution in [0.15, 0.2) is 146 Å². The minimum Gasteiger partial charge on any atom is -0.311 e. The van der Waals surface area contributed by atoms with E-state index in [1.807, 2.05) is 12.1 Å². The molecule has 43 heavy (non-hydrogen) atoms. The fourth-order valence-corrected chi connectivity index (χ4v) is 7.01. The molecule has 0 aliphatic heterocycles. The van der Waals surface area contributed by atoms with E-state index in [-0.39, 0.29) is 0 Å². The lowest BCUT2D eigenvalue weighted by atomic mass is 9.82. The molecule has 0 bridgehead atoms. The van der Waals surface area contributed by atoms with Gasteiger partial charge in [-0.1, -0.05) is 91.0 Å². The monoisotopic (exact) mass is 549 g/mol. The average molecular weight is 550 g/mol. The van der Waals surface area contributed by atoms with Crippen LogP contribution in [0.2, 0.25) is 0 Å². The molecule has 3 heteroatoms. The van der Waals surface area contributed by atoms with Crippen molar-refractivity contribution in [3.63, 3.8) is 0 Å². The largest absolute Gasteiger partial charge is 0.311 e. The van der Waals surface area contributed by atoms with Crippen LogP contribution in [0.1, 0.15) is 22.7 Å². The van der Waals surface area contributed by atoms with Crippen molar-refractivity contribution >= 4 is 28.1 Å². The van der Waals surface area contributed by atoms with Gasteiger partial charge in [0.05, 0.1) is 22.4 Å². The van der Waals surface area contributed by atoms with E-state index in [1.165, 1.54) is 38.9 Å². The van der Waals surface area contributed by atoms with Crippen LogP contribution in [0.3, 0.4) is 0 Å². The molecule has 6 aromatic carbocycles. The molecule has 0 saturated carbocycles. The molecule has 7 aromatic rings. The van der Waals surface area contributed by atoms with Gasteiger partial charge in [0.15, 0.2) is 0 Å². The molecule has 1 unspecified atom stereocenters. The van der Waals surface area contributed by atoms with Crippen molar-refractivity contribution < 1.29 is 0 Å². The lowest BCUT2D eigenvalue weighted by molar-refractivity contribution is 0.787. The molecule has 9 rings (SSSR count). The van der Waals surface area contributed by atoms with Crippen LogP contribution in [0.25, 0.3) is 44.5 Å². The third-order valence-corrected chi connectivity index (χ3v) is 8.96. The van der Waals surface area contributed by atoms with Crippen molar-refractivity contribution in [2.45, 2.75) is 12.3 Å². The lowest BCUT2D eigenvalue weighted by Gasteiger charge is -2.25. The third kappa shape index (κ3) is 3.82. The minimum absolute atomic E-state index is 0.311. The predicted molar refractivity (Wildman–Crippen MR) is 176 cm³/mol. The van der Waals surface area contributed by atoms with Gasteiger partial charge in [0.1, 0.15) is 0 Å². The highest BCUT2D eigenvalue weighted by atomic mass is 15.1. The first-order chi connectivity index (χ1) is 21.3. The predicted octanol–water partition coefficient (Wildman–Crippen LogP) is 10.1. The van der Waals surface area contributed by atoms with Crippen molar-refractivity contribution in [1.82, 2.24) is 9.97 Å². The standard InChI is InChI=1S/C40H27N3/c1-3-10-28(11-4-1)43(29-12-5-2-6-13-29)30-21-18-26(19-22-30)27-20-23-31-34(24-27)32-14-9-15-33-39(32)35(31)25-38-40(33)42-37-17-8-7-16-36(37)41-38/h1-24,35H,25H2. The number of fused-ring (bicyclic) bond motifs is 6. The smallest absolute Gasteiger partial charge is 0.0928 e. The van der Waals surface area contributed by atoms with Gasteiger partial charge in [-0.3, -0.25) is 0 Å². The molecule has 202 valence electrons. The molecule has 1 aromatic heterocycles. The number of rotatable bonds is 4. The van der Waals surface area contributed by atoms with Crippen molar-refractivity contribution in [3.8, 4) is 33.5 Å².